The molecule has 1 aliphatic rings. The van der Waals surface area contributed by atoms with Crippen LogP contribution in [0.4, 0.5) is 4.79 Å². The van der Waals surface area contributed by atoms with Crippen LogP contribution in [0.25, 0.3) is 10.9 Å². The zero-order valence-corrected chi connectivity index (χ0v) is 12.3. The van der Waals surface area contributed by atoms with Gasteiger partial charge in [0.2, 0.25) is 0 Å². The van der Waals surface area contributed by atoms with Crippen molar-refractivity contribution in [1.29, 1.82) is 0 Å². The first-order valence-electron chi connectivity index (χ1n) is 7.43. The molecule has 0 unspecified atom stereocenters. The van der Waals surface area contributed by atoms with Crippen LogP contribution in [-0.2, 0) is 13.0 Å². The molecule has 5 heteroatoms. The van der Waals surface area contributed by atoms with Crippen molar-refractivity contribution in [1.82, 2.24) is 15.2 Å². The van der Waals surface area contributed by atoms with Crippen molar-refractivity contribution in [2.45, 2.75) is 26.3 Å². The van der Waals surface area contributed by atoms with E-state index in [4.69, 9.17) is 5.11 Å². The zero-order valence-electron chi connectivity index (χ0n) is 12.3. The van der Waals surface area contributed by atoms with Crippen molar-refractivity contribution in [3.05, 3.63) is 35.0 Å². The molecule has 0 spiro atoms. The molecule has 2 heterocycles. The number of fused-ring (bicyclic) bond motifs is 3. The number of rotatable bonds is 4. The molecule has 3 rings (SSSR count). The second kappa shape index (κ2) is 5.77. The summed E-state index contributed by atoms with van der Waals surface area (Å²) >= 11 is 0. The Morgan fingerprint density at radius 3 is 3.14 bits per heavy atom. The van der Waals surface area contributed by atoms with Crippen molar-refractivity contribution in [3.63, 3.8) is 0 Å². The van der Waals surface area contributed by atoms with Gasteiger partial charge in [0, 0.05) is 49.2 Å². The molecule has 2 aromatic rings. The maximum absolute atomic E-state index is 10.4. The first-order chi connectivity index (χ1) is 10.1. The highest BCUT2D eigenvalue weighted by molar-refractivity contribution is 5.85. The van der Waals surface area contributed by atoms with Gasteiger partial charge < -0.3 is 15.4 Å². The van der Waals surface area contributed by atoms with Crippen molar-refractivity contribution in [2.75, 3.05) is 19.6 Å². The third-order valence-electron chi connectivity index (χ3n) is 4.14. The number of amides is 1. The second-order valence-corrected chi connectivity index (χ2v) is 5.74. The first kappa shape index (κ1) is 13.9. The molecule has 0 saturated carbocycles. The summed E-state index contributed by atoms with van der Waals surface area (Å²) in [5.74, 6) is 0. The number of nitrogens with zero attached hydrogens (tertiary/aromatic N) is 1. The molecule has 0 bridgehead atoms. The lowest BCUT2D eigenvalue weighted by Gasteiger charge is -2.27. The van der Waals surface area contributed by atoms with Crippen LogP contribution in [0.5, 0.6) is 0 Å². The normalized spacial score (nSPS) is 15.1. The zero-order chi connectivity index (χ0) is 14.8. The van der Waals surface area contributed by atoms with E-state index in [1.54, 1.807) is 0 Å². The average Bonchev–Trinajstić information content (AvgIpc) is 2.81. The van der Waals surface area contributed by atoms with E-state index in [1.165, 1.54) is 27.7 Å². The smallest absolute Gasteiger partial charge is 0.404 e. The molecule has 1 aliphatic heterocycles. The van der Waals surface area contributed by atoms with Gasteiger partial charge in [-0.2, -0.15) is 0 Å². The van der Waals surface area contributed by atoms with Crippen LogP contribution in [-0.4, -0.2) is 40.7 Å². The van der Waals surface area contributed by atoms with E-state index in [-0.39, 0.29) is 0 Å². The topological polar surface area (TPSA) is 68.4 Å². The van der Waals surface area contributed by atoms with E-state index in [0.29, 0.717) is 6.54 Å². The summed E-state index contributed by atoms with van der Waals surface area (Å²) in [6, 6.07) is 6.55. The van der Waals surface area contributed by atoms with Crippen LogP contribution >= 0.6 is 0 Å². The van der Waals surface area contributed by atoms with Gasteiger partial charge in [-0.25, -0.2) is 4.79 Å². The molecular formula is C16H21N3O2. The Hall–Kier alpha value is -2.01. The van der Waals surface area contributed by atoms with Gasteiger partial charge >= 0.3 is 6.09 Å². The molecule has 21 heavy (non-hydrogen) atoms. The first-order valence-corrected chi connectivity index (χ1v) is 7.43. The van der Waals surface area contributed by atoms with Crippen LogP contribution in [0.2, 0.25) is 0 Å². The van der Waals surface area contributed by atoms with Crippen molar-refractivity contribution >= 4 is 17.0 Å². The Balaban J connectivity index is 1.68. The number of aromatic nitrogens is 1. The van der Waals surface area contributed by atoms with Gasteiger partial charge in [0.15, 0.2) is 0 Å². The van der Waals surface area contributed by atoms with Crippen molar-refractivity contribution < 1.29 is 9.90 Å². The van der Waals surface area contributed by atoms with Crippen LogP contribution < -0.4 is 5.32 Å². The van der Waals surface area contributed by atoms with Crippen LogP contribution in [0.3, 0.4) is 0 Å². The highest BCUT2D eigenvalue weighted by atomic mass is 16.4. The minimum atomic E-state index is -0.942. The highest BCUT2D eigenvalue weighted by Crippen LogP contribution is 2.28. The van der Waals surface area contributed by atoms with E-state index in [2.05, 4.69) is 40.3 Å². The number of aromatic amines is 1. The summed E-state index contributed by atoms with van der Waals surface area (Å²) in [4.78, 5) is 16.4. The molecule has 3 N–H and O–H groups in total. The molecule has 112 valence electrons. The summed E-state index contributed by atoms with van der Waals surface area (Å²) in [5, 5.41) is 12.3. The van der Waals surface area contributed by atoms with Gasteiger partial charge in [-0.05, 0) is 31.0 Å². The van der Waals surface area contributed by atoms with Gasteiger partial charge in [-0.1, -0.05) is 11.6 Å². The standard InChI is InChI=1S/C16H21N3O2/c1-11-3-4-14-12(9-11)13-10-19(8-5-15(13)18-14)7-2-6-17-16(20)21/h3-4,9,17-18H,2,5-8,10H2,1H3,(H,20,21). The molecule has 0 radical (unpaired) electrons. The maximum Gasteiger partial charge on any atom is 0.404 e. The predicted octanol–water partition coefficient (Wildman–Crippen LogP) is 2.49. The largest absolute Gasteiger partial charge is 0.465 e. The minimum Gasteiger partial charge on any atom is -0.465 e. The number of hydrogen-bond donors (Lipinski definition) is 3. The molecule has 0 atom stereocenters. The summed E-state index contributed by atoms with van der Waals surface area (Å²) in [5.41, 5.74) is 5.27. The monoisotopic (exact) mass is 287 g/mol. The molecule has 5 nitrogen and oxygen atoms in total. The van der Waals surface area contributed by atoms with Gasteiger partial charge in [0.25, 0.3) is 0 Å². The molecule has 0 saturated heterocycles. The van der Waals surface area contributed by atoms with Gasteiger partial charge in [-0.15, -0.1) is 0 Å². The van der Waals surface area contributed by atoms with E-state index in [1.807, 2.05) is 0 Å². The number of hydrogen-bond acceptors (Lipinski definition) is 2. The lowest BCUT2D eigenvalue weighted by atomic mass is 10.0. The predicted molar refractivity (Wildman–Crippen MR) is 82.7 cm³/mol. The van der Waals surface area contributed by atoms with Crippen molar-refractivity contribution in [3.8, 4) is 0 Å². The third-order valence-corrected chi connectivity index (χ3v) is 4.14. The highest BCUT2D eigenvalue weighted by Gasteiger charge is 2.20. The minimum absolute atomic E-state index is 0.520. The van der Waals surface area contributed by atoms with Gasteiger partial charge in [0.1, 0.15) is 0 Å². The summed E-state index contributed by atoms with van der Waals surface area (Å²) in [6.07, 6.45) is 0.946. The summed E-state index contributed by atoms with van der Waals surface area (Å²) < 4.78 is 0. The molecule has 0 fully saturated rings. The Bertz CT molecular complexity index is 663. The van der Waals surface area contributed by atoms with Crippen molar-refractivity contribution in [2.24, 2.45) is 0 Å². The number of carbonyl (C=O) groups is 1. The number of carboxylic acid groups (broad SMARTS) is 1. The SMILES string of the molecule is Cc1ccc2[nH]c3c(c2c1)CN(CCCNC(=O)O)CC3. The van der Waals surface area contributed by atoms with Crippen LogP contribution in [0.1, 0.15) is 23.2 Å². The van der Waals surface area contributed by atoms with Gasteiger partial charge in [0.05, 0.1) is 0 Å². The fourth-order valence-corrected chi connectivity index (χ4v) is 3.07. The molecule has 1 aromatic heterocycles. The Labute approximate surface area is 124 Å². The van der Waals surface area contributed by atoms with E-state index < -0.39 is 6.09 Å². The van der Waals surface area contributed by atoms with Crippen LogP contribution in [0, 0.1) is 6.92 Å². The Morgan fingerprint density at radius 2 is 2.33 bits per heavy atom. The van der Waals surface area contributed by atoms with E-state index in [0.717, 1.165) is 32.5 Å². The quantitative estimate of drug-likeness (QED) is 0.757. The van der Waals surface area contributed by atoms with Gasteiger partial charge in [-0.3, -0.25) is 4.90 Å². The average molecular weight is 287 g/mol. The van der Waals surface area contributed by atoms with E-state index in [9.17, 15) is 4.79 Å². The number of H-pyrrole nitrogens is 1. The van der Waals surface area contributed by atoms with Crippen LogP contribution in [0.15, 0.2) is 18.2 Å². The number of aryl methyl sites for hydroxylation is 1. The van der Waals surface area contributed by atoms with E-state index >= 15 is 0 Å². The Morgan fingerprint density at radius 1 is 1.48 bits per heavy atom. The fourth-order valence-electron chi connectivity index (χ4n) is 3.07. The summed E-state index contributed by atoms with van der Waals surface area (Å²) in [7, 11) is 0. The fraction of sp³-hybridized carbons (Fsp3) is 0.438. The second-order valence-electron chi connectivity index (χ2n) is 5.74. The third kappa shape index (κ3) is 3.03. The molecule has 0 aliphatic carbocycles. The lowest BCUT2D eigenvalue weighted by molar-refractivity contribution is 0.192. The maximum atomic E-state index is 10.4. The summed E-state index contributed by atoms with van der Waals surface area (Å²) in [6.45, 7) is 5.55. The molecule has 1 amide bonds. The number of nitrogens with one attached hydrogen (secondary N) is 2. The Kier molecular flexibility index (Phi) is 3.84. The molecule has 1 aromatic carbocycles. The molecular weight excluding hydrogens is 266 g/mol. The number of benzene rings is 1. The lowest BCUT2D eigenvalue weighted by Crippen LogP contribution is -2.33.